The summed E-state index contributed by atoms with van der Waals surface area (Å²) in [7, 11) is 0. The van der Waals surface area contributed by atoms with Gasteiger partial charge in [0, 0.05) is 23.8 Å². The summed E-state index contributed by atoms with van der Waals surface area (Å²) >= 11 is 1.38. The van der Waals surface area contributed by atoms with E-state index >= 15 is 0 Å². The molecule has 0 aliphatic rings. The molecular formula is C16H18N2O2S. The molecule has 1 N–H and O–H groups in total. The normalized spacial score (nSPS) is 10.4. The molecule has 2 aromatic rings. The minimum absolute atomic E-state index is 0.0106. The standard InChI is InChI=1S/C16H18N2O2S/c1-10-4-5-13(8-11(10)2)14(19)6-7-15(20)18-16-17-12(3)9-21-16/h4-5,8-9H,6-7H2,1-3H3,(H,17,18,20). The SMILES string of the molecule is Cc1csc(NC(=O)CCC(=O)c2ccc(C)c(C)c2)n1. The van der Waals surface area contributed by atoms with Gasteiger partial charge in [-0.2, -0.15) is 0 Å². The van der Waals surface area contributed by atoms with E-state index in [0.29, 0.717) is 10.7 Å². The molecule has 0 aliphatic heterocycles. The number of carbonyl (C=O) groups excluding carboxylic acids is 2. The molecule has 0 aliphatic carbocycles. The highest BCUT2D eigenvalue weighted by Crippen LogP contribution is 2.16. The number of hydrogen-bond acceptors (Lipinski definition) is 4. The highest BCUT2D eigenvalue weighted by molar-refractivity contribution is 7.13. The van der Waals surface area contributed by atoms with Crippen molar-refractivity contribution in [2.45, 2.75) is 33.6 Å². The number of hydrogen-bond donors (Lipinski definition) is 1. The highest BCUT2D eigenvalue weighted by atomic mass is 32.1. The van der Waals surface area contributed by atoms with E-state index in [2.05, 4.69) is 10.3 Å². The van der Waals surface area contributed by atoms with Crippen molar-refractivity contribution in [3.8, 4) is 0 Å². The minimum Gasteiger partial charge on any atom is -0.302 e. The molecule has 1 amide bonds. The summed E-state index contributed by atoms with van der Waals surface area (Å²) in [6.07, 6.45) is 0.378. The number of carbonyl (C=O) groups is 2. The lowest BCUT2D eigenvalue weighted by atomic mass is 10.0. The largest absolute Gasteiger partial charge is 0.302 e. The third-order valence-corrected chi connectivity index (χ3v) is 4.15. The fourth-order valence-electron chi connectivity index (χ4n) is 1.88. The van der Waals surface area contributed by atoms with E-state index in [9.17, 15) is 9.59 Å². The molecule has 1 aromatic carbocycles. The topological polar surface area (TPSA) is 59.1 Å². The maximum absolute atomic E-state index is 12.1. The van der Waals surface area contributed by atoms with Gasteiger partial charge in [0.1, 0.15) is 0 Å². The third-order valence-electron chi connectivity index (χ3n) is 3.27. The number of anilines is 1. The molecule has 1 heterocycles. The second-order valence-electron chi connectivity index (χ2n) is 5.06. The number of aromatic nitrogens is 1. The lowest BCUT2D eigenvalue weighted by Gasteiger charge is -2.05. The zero-order valence-corrected chi connectivity index (χ0v) is 13.2. The molecule has 0 saturated carbocycles. The zero-order valence-electron chi connectivity index (χ0n) is 12.4. The van der Waals surface area contributed by atoms with Crippen LogP contribution in [0.4, 0.5) is 5.13 Å². The van der Waals surface area contributed by atoms with Gasteiger partial charge >= 0.3 is 0 Å². The lowest BCUT2D eigenvalue weighted by molar-refractivity contribution is -0.116. The Morgan fingerprint density at radius 1 is 1.14 bits per heavy atom. The molecule has 5 heteroatoms. The summed E-state index contributed by atoms with van der Waals surface area (Å²) in [5.74, 6) is -0.190. The van der Waals surface area contributed by atoms with Crippen LogP contribution >= 0.6 is 11.3 Å². The Kier molecular flexibility index (Phi) is 4.85. The number of amides is 1. The molecule has 2 rings (SSSR count). The second kappa shape index (κ2) is 6.63. The monoisotopic (exact) mass is 302 g/mol. The number of rotatable bonds is 5. The number of benzene rings is 1. The smallest absolute Gasteiger partial charge is 0.226 e. The molecule has 21 heavy (non-hydrogen) atoms. The predicted molar refractivity (Wildman–Crippen MR) is 85.0 cm³/mol. The van der Waals surface area contributed by atoms with E-state index in [1.54, 1.807) is 0 Å². The van der Waals surface area contributed by atoms with Gasteiger partial charge in [-0.25, -0.2) is 4.98 Å². The first kappa shape index (κ1) is 15.4. The molecular weight excluding hydrogens is 284 g/mol. The molecule has 1 aromatic heterocycles. The van der Waals surface area contributed by atoms with E-state index in [-0.39, 0.29) is 24.5 Å². The van der Waals surface area contributed by atoms with E-state index in [1.165, 1.54) is 11.3 Å². The van der Waals surface area contributed by atoms with Crippen LogP contribution in [-0.4, -0.2) is 16.7 Å². The molecule has 0 atom stereocenters. The number of ketones is 1. The van der Waals surface area contributed by atoms with Crippen molar-refractivity contribution in [2.24, 2.45) is 0 Å². The van der Waals surface area contributed by atoms with Crippen molar-refractivity contribution in [1.29, 1.82) is 0 Å². The van der Waals surface area contributed by atoms with Crippen molar-refractivity contribution < 1.29 is 9.59 Å². The van der Waals surface area contributed by atoms with Crippen molar-refractivity contribution in [1.82, 2.24) is 4.98 Å². The molecule has 110 valence electrons. The maximum atomic E-state index is 12.1. The quantitative estimate of drug-likeness (QED) is 0.857. The van der Waals surface area contributed by atoms with Crippen LogP contribution in [0.25, 0.3) is 0 Å². The first-order chi connectivity index (χ1) is 9.95. The summed E-state index contributed by atoms with van der Waals surface area (Å²) < 4.78 is 0. The van der Waals surface area contributed by atoms with Crippen LogP contribution in [0.5, 0.6) is 0 Å². The van der Waals surface area contributed by atoms with E-state index in [0.717, 1.165) is 16.8 Å². The molecule has 0 unspecified atom stereocenters. The van der Waals surface area contributed by atoms with E-state index in [1.807, 2.05) is 44.4 Å². The van der Waals surface area contributed by atoms with Crippen LogP contribution < -0.4 is 5.32 Å². The zero-order chi connectivity index (χ0) is 15.4. The van der Waals surface area contributed by atoms with E-state index in [4.69, 9.17) is 0 Å². The van der Waals surface area contributed by atoms with Crippen LogP contribution in [0.15, 0.2) is 23.6 Å². The predicted octanol–water partition coefficient (Wildman–Crippen LogP) is 3.67. The van der Waals surface area contributed by atoms with Gasteiger partial charge in [0.05, 0.1) is 5.69 Å². The Hall–Kier alpha value is -2.01. The van der Waals surface area contributed by atoms with Crippen LogP contribution in [0.2, 0.25) is 0 Å². The number of aryl methyl sites for hydroxylation is 3. The van der Waals surface area contributed by atoms with Crippen LogP contribution in [0, 0.1) is 20.8 Å². The third kappa shape index (κ3) is 4.23. The van der Waals surface area contributed by atoms with Gasteiger partial charge in [-0.15, -0.1) is 11.3 Å². The number of nitrogens with zero attached hydrogens (tertiary/aromatic N) is 1. The number of Topliss-reactive ketones (excluding diaryl/α,β-unsaturated/α-hetero) is 1. The summed E-state index contributed by atoms with van der Waals surface area (Å²) in [4.78, 5) is 28.0. The van der Waals surface area contributed by atoms with Crippen LogP contribution in [0.1, 0.15) is 40.0 Å². The Bertz CT molecular complexity index is 677. The molecule has 0 saturated heterocycles. The summed E-state index contributed by atoms with van der Waals surface area (Å²) in [6, 6.07) is 5.62. The van der Waals surface area contributed by atoms with Gasteiger partial charge < -0.3 is 5.32 Å². The molecule has 0 spiro atoms. The van der Waals surface area contributed by atoms with Gasteiger partial charge in [-0.1, -0.05) is 12.1 Å². The van der Waals surface area contributed by atoms with Crippen molar-refractivity contribution in [3.05, 3.63) is 46.0 Å². The fourth-order valence-corrected chi connectivity index (χ4v) is 2.58. The average Bonchev–Trinajstić information content (AvgIpc) is 2.84. The summed E-state index contributed by atoms with van der Waals surface area (Å²) in [5.41, 5.74) is 3.78. The second-order valence-corrected chi connectivity index (χ2v) is 5.92. The molecule has 0 fully saturated rings. The van der Waals surface area contributed by atoms with Crippen molar-refractivity contribution in [3.63, 3.8) is 0 Å². The van der Waals surface area contributed by atoms with Gasteiger partial charge in [0.15, 0.2) is 10.9 Å². The van der Waals surface area contributed by atoms with Crippen LogP contribution in [-0.2, 0) is 4.79 Å². The van der Waals surface area contributed by atoms with Crippen molar-refractivity contribution >= 4 is 28.2 Å². The maximum Gasteiger partial charge on any atom is 0.226 e. The van der Waals surface area contributed by atoms with Gasteiger partial charge in [0.25, 0.3) is 0 Å². The molecule has 0 bridgehead atoms. The van der Waals surface area contributed by atoms with E-state index < -0.39 is 0 Å². The fraction of sp³-hybridized carbons (Fsp3) is 0.312. The Morgan fingerprint density at radius 3 is 2.52 bits per heavy atom. The van der Waals surface area contributed by atoms with Gasteiger partial charge in [0.2, 0.25) is 5.91 Å². The molecule has 0 radical (unpaired) electrons. The highest BCUT2D eigenvalue weighted by Gasteiger charge is 2.11. The van der Waals surface area contributed by atoms with Crippen molar-refractivity contribution in [2.75, 3.05) is 5.32 Å². The van der Waals surface area contributed by atoms with Crippen LogP contribution in [0.3, 0.4) is 0 Å². The average molecular weight is 302 g/mol. The van der Waals surface area contributed by atoms with Gasteiger partial charge in [-0.05, 0) is 38.0 Å². The number of thiazole rings is 1. The number of nitrogens with one attached hydrogen (secondary N) is 1. The molecule has 4 nitrogen and oxygen atoms in total. The van der Waals surface area contributed by atoms with Gasteiger partial charge in [-0.3, -0.25) is 9.59 Å². The first-order valence-electron chi connectivity index (χ1n) is 6.78. The first-order valence-corrected chi connectivity index (χ1v) is 7.66. The summed E-state index contributed by atoms with van der Waals surface area (Å²) in [5, 5.41) is 5.16. The Balaban J connectivity index is 1.88. The lowest BCUT2D eigenvalue weighted by Crippen LogP contribution is -2.13. The minimum atomic E-state index is -0.179. The Morgan fingerprint density at radius 2 is 1.90 bits per heavy atom. The Labute approximate surface area is 128 Å². The summed E-state index contributed by atoms with van der Waals surface area (Å²) in [6.45, 7) is 5.85.